The number of rotatable bonds is 5. The van der Waals surface area contributed by atoms with Crippen LogP contribution in [0.25, 0.3) is 0 Å². The average molecular weight is 214 g/mol. The maximum atomic E-state index is 10.6. The number of aryl methyl sites for hydroxylation is 1. The van der Waals surface area contributed by atoms with Gasteiger partial charge in [0.25, 0.3) is 0 Å². The van der Waals surface area contributed by atoms with Crippen LogP contribution in [0.1, 0.15) is 11.3 Å². The summed E-state index contributed by atoms with van der Waals surface area (Å²) in [6.45, 7) is 1.98. The van der Waals surface area contributed by atoms with Crippen LogP contribution in [0.4, 0.5) is 0 Å². The van der Waals surface area contributed by atoms with E-state index in [9.17, 15) is 4.79 Å². The number of thioether (sulfide) groups is 1. The first-order valence-electron chi connectivity index (χ1n) is 4.27. The van der Waals surface area contributed by atoms with Crippen LogP contribution in [0.5, 0.6) is 0 Å². The van der Waals surface area contributed by atoms with Gasteiger partial charge in [0.1, 0.15) is 5.76 Å². The first-order valence-corrected chi connectivity index (χ1v) is 5.42. The Morgan fingerprint density at radius 1 is 1.71 bits per heavy atom. The van der Waals surface area contributed by atoms with Gasteiger partial charge in [0.15, 0.2) is 0 Å². The first-order chi connectivity index (χ1) is 6.61. The summed E-state index contributed by atoms with van der Waals surface area (Å²) in [7, 11) is 0. The third-order valence-electron chi connectivity index (χ3n) is 1.86. The Hall–Kier alpha value is -0.940. The molecule has 0 fully saturated rings. The van der Waals surface area contributed by atoms with E-state index in [4.69, 9.17) is 15.9 Å². The van der Waals surface area contributed by atoms with Crippen molar-refractivity contribution in [2.24, 2.45) is 11.5 Å². The fourth-order valence-electron chi connectivity index (χ4n) is 0.913. The molecule has 0 radical (unpaired) electrons. The summed E-state index contributed by atoms with van der Waals surface area (Å²) in [5.74, 6) is 1.70. The Kier molecular flexibility index (Phi) is 4.03. The van der Waals surface area contributed by atoms with Crippen molar-refractivity contribution in [1.82, 2.24) is 0 Å². The number of furan rings is 1. The van der Waals surface area contributed by atoms with Crippen LogP contribution in [0.3, 0.4) is 0 Å². The number of primary amides is 1. The van der Waals surface area contributed by atoms with Crippen LogP contribution in [0.15, 0.2) is 16.7 Å². The van der Waals surface area contributed by atoms with Gasteiger partial charge in [-0.2, -0.15) is 11.8 Å². The maximum absolute atomic E-state index is 10.6. The molecule has 14 heavy (non-hydrogen) atoms. The second-order valence-corrected chi connectivity index (χ2v) is 4.08. The lowest BCUT2D eigenvalue weighted by Crippen LogP contribution is -2.38. The minimum absolute atomic E-state index is 0.464. The minimum Gasteiger partial charge on any atom is -0.468 e. The average Bonchev–Trinajstić information content (AvgIpc) is 2.51. The Labute approximate surface area is 87.0 Å². The number of carbonyl (C=O) groups excluding carboxylic acids is 1. The first kappa shape index (κ1) is 11.1. The zero-order valence-electron chi connectivity index (χ0n) is 8.03. The largest absolute Gasteiger partial charge is 0.468 e. The lowest BCUT2D eigenvalue weighted by Gasteiger charge is -2.05. The number of carbonyl (C=O) groups is 1. The molecule has 1 amide bonds. The number of nitrogens with two attached hydrogens (primary N) is 2. The number of hydrogen-bond acceptors (Lipinski definition) is 4. The zero-order valence-corrected chi connectivity index (χ0v) is 8.84. The molecule has 1 atom stereocenters. The second-order valence-electron chi connectivity index (χ2n) is 3.05. The molecule has 1 aromatic rings. The molecule has 0 aliphatic carbocycles. The summed E-state index contributed by atoms with van der Waals surface area (Å²) in [6.07, 6.45) is 1.65. The SMILES string of the molecule is Cc1ccoc1CSCC(N)C(N)=O. The van der Waals surface area contributed by atoms with E-state index in [1.54, 1.807) is 18.0 Å². The van der Waals surface area contributed by atoms with E-state index < -0.39 is 11.9 Å². The van der Waals surface area contributed by atoms with Gasteiger partial charge >= 0.3 is 0 Å². The molecule has 0 aliphatic rings. The Bertz CT molecular complexity index is 312. The van der Waals surface area contributed by atoms with Crippen molar-refractivity contribution in [2.45, 2.75) is 18.7 Å². The highest BCUT2D eigenvalue weighted by atomic mass is 32.2. The predicted molar refractivity (Wildman–Crippen MR) is 56.8 cm³/mol. The van der Waals surface area contributed by atoms with Crippen molar-refractivity contribution in [3.63, 3.8) is 0 Å². The van der Waals surface area contributed by atoms with Crippen molar-refractivity contribution in [3.8, 4) is 0 Å². The van der Waals surface area contributed by atoms with E-state index in [1.807, 2.05) is 13.0 Å². The maximum Gasteiger partial charge on any atom is 0.235 e. The lowest BCUT2D eigenvalue weighted by atomic mass is 10.3. The van der Waals surface area contributed by atoms with Gasteiger partial charge in [0.05, 0.1) is 18.1 Å². The highest BCUT2D eigenvalue weighted by Crippen LogP contribution is 2.17. The second kappa shape index (κ2) is 5.07. The van der Waals surface area contributed by atoms with Crippen LogP contribution in [0, 0.1) is 6.92 Å². The van der Waals surface area contributed by atoms with Crippen molar-refractivity contribution in [2.75, 3.05) is 5.75 Å². The van der Waals surface area contributed by atoms with Gasteiger partial charge in [-0.05, 0) is 18.6 Å². The van der Waals surface area contributed by atoms with Crippen molar-refractivity contribution in [3.05, 3.63) is 23.7 Å². The van der Waals surface area contributed by atoms with Crippen molar-refractivity contribution >= 4 is 17.7 Å². The van der Waals surface area contributed by atoms with Gasteiger partial charge in [-0.25, -0.2) is 0 Å². The summed E-state index contributed by atoms with van der Waals surface area (Å²) in [6, 6.07) is 1.33. The quantitative estimate of drug-likeness (QED) is 0.753. The topological polar surface area (TPSA) is 82.2 Å². The summed E-state index contributed by atoms with van der Waals surface area (Å²) >= 11 is 1.54. The van der Waals surface area contributed by atoms with E-state index in [-0.39, 0.29) is 0 Å². The molecular weight excluding hydrogens is 200 g/mol. The smallest absolute Gasteiger partial charge is 0.235 e. The van der Waals surface area contributed by atoms with E-state index in [1.165, 1.54) is 0 Å². The summed E-state index contributed by atoms with van der Waals surface area (Å²) in [5, 5.41) is 0. The van der Waals surface area contributed by atoms with Gasteiger partial charge in [-0.1, -0.05) is 0 Å². The highest BCUT2D eigenvalue weighted by Gasteiger charge is 2.09. The third kappa shape index (κ3) is 3.08. The fraction of sp³-hybridized carbons (Fsp3) is 0.444. The minimum atomic E-state index is -0.574. The van der Waals surface area contributed by atoms with Gasteiger partial charge < -0.3 is 15.9 Å². The van der Waals surface area contributed by atoms with Crippen LogP contribution >= 0.6 is 11.8 Å². The predicted octanol–water partition coefficient (Wildman–Crippen LogP) is 0.634. The summed E-state index contributed by atoms with van der Waals surface area (Å²) in [5.41, 5.74) is 11.6. The van der Waals surface area contributed by atoms with Gasteiger partial charge in [0.2, 0.25) is 5.91 Å². The molecule has 1 rings (SSSR count). The van der Waals surface area contributed by atoms with E-state index >= 15 is 0 Å². The summed E-state index contributed by atoms with van der Waals surface area (Å²) in [4.78, 5) is 10.6. The zero-order chi connectivity index (χ0) is 10.6. The molecule has 1 heterocycles. The van der Waals surface area contributed by atoms with Crippen LogP contribution in [-0.4, -0.2) is 17.7 Å². The summed E-state index contributed by atoms with van der Waals surface area (Å²) < 4.78 is 5.23. The molecule has 1 aromatic heterocycles. The molecule has 0 saturated heterocycles. The molecule has 1 unspecified atom stereocenters. The Morgan fingerprint density at radius 2 is 2.43 bits per heavy atom. The van der Waals surface area contributed by atoms with Crippen molar-refractivity contribution < 1.29 is 9.21 Å². The van der Waals surface area contributed by atoms with Gasteiger partial charge in [0, 0.05) is 5.75 Å². The van der Waals surface area contributed by atoms with Crippen LogP contribution in [-0.2, 0) is 10.5 Å². The number of amides is 1. The highest BCUT2D eigenvalue weighted by molar-refractivity contribution is 7.98. The third-order valence-corrected chi connectivity index (χ3v) is 2.93. The van der Waals surface area contributed by atoms with E-state index in [2.05, 4.69) is 0 Å². The molecule has 4 N–H and O–H groups in total. The molecule has 78 valence electrons. The Balaban J connectivity index is 2.29. The van der Waals surface area contributed by atoms with E-state index in [0.29, 0.717) is 5.75 Å². The van der Waals surface area contributed by atoms with E-state index in [0.717, 1.165) is 17.1 Å². The monoisotopic (exact) mass is 214 g/mol. The van der Waals surface area contributed by atoms with Crippen LogP contribution in [0.2, 0.25) is 0 Å². The molecular formula is C9H14N2O2S. The standard InChI is InChI=1S/C9H14N2O2S/c1-6-2-3-13-8(6)5-14-4-7(10)9(11)12/h2-3,7H,4-5,10H2,1H3,(H2,11,12). The van der Waals surface area contributed by atoms with Gasteiger partial charge in [-0.3, -0.25) is 4.79 Å². The van der Waals surface area contributed by atoms with Gasteiger partial charge in [-0.15, -0.1) is 0 Å². The molecule has 4 nitrogen and oxygen atoms in total. The lowest BCUT2D eigenvalue weighted by molar-refractivity contribution is -0.118. The fourth-order valence-corrected chi connectivity index (χ4v) is 1.93. The molecule has 0 saturated carbocycles. The molecule has 0 spiro atoms. The number of hydrogen-bond donors (Lipinski definition) is 2. The van der Waals surface area contributed by atoms with Crippen LogP contribution < -0.4 is 11.5 Å². The Morgan fingerprint density at radius 3 is 2.93 bits per heavy atom. The molecule has 5 heteroatoms. The molecule has 0 aromatic carbocycles. The molecule has 0 bridgehead atoms. The molecule has 0 aliphatic heterocycles. The normalized spacial score (nSPS) is 12.7. The van der Waals surface area contributed by atoms with Crippen molar-refractivity contribution in [1.29, 1.82) is 0 Å².